The van der Waals surface area contributed by atoms with Crippen molar-refractivity contribution in [2.45, 2.75) is 39.2 Å². The molecule has 0 aromatic heterocycles. The van der Waals surface area contributed by atoms with E-state index in [0.717, 1.165) is 37.2 Å². The number of likely N-dealkylation sites (tertiary alicyclic amines) is 1. The number of aliphatic hydroxyl groups excluding tert-OH is 1. The van der Waals surface area contributed by atoms with Gasteiger partial charge in [0.1, 0.15) is 5.75 Å². The molecule has 1 saturated heterocycles. The van der Waals surface area contributed by atoms with Crippen molar-refractivity contribution in [3.05, 3.63) is 24.3 Å². The van der Waals surface area contributed by atoms with Crippen LogP contribution in [-0.4, -0.2) is 41.8 Å². The average Bonchev–Trinajstić information content (AvgIpc) is 2.56. The van der Waals surface area contributed by atoms with E-state index in [2.05, 4.69) is 12.2 Å². The van der Waals surface area contributed by atoms with Crippen LogP contribution in [0.15, 0.2) is 24.3 Å². The lowest BCUT2D eigenvalue weighted by atomic mass is 9.99. The van der Waals surface area contributed by atoms with E-state index in [1.165, 1.54) is 0 Å². The van der Waals surface area contributed by atoms with Gasteiger partial charge >= 0.3 is 6.03 Å². The molecule has 1 aliphatic rings. The van der Waals surface area contributed by atoms with Gasteiger partial charge in [0.2, 0.25) is 0 Å². The third-order valence-corrected chi connectivity index (χ3v) is 4.08. The normalized spacial score (nSPS) is 19.6. The van der Waals surface area contributed by atoms with Gasteiger partial charge in [0.05, 0.1) is 6.10 Å². The number of ether oxygens (including phenoxy) is 1. The number of carbonyl (C=O) groups excluding carboxylic acids is 1. The van der Waals surface area contributed by atoms with E-state index in [0.29, 0.717) is 6.54 Å². The number of amides is 2. The number of rotatable bonds is 5. The Bertz CT molecular complexity index is 475. The van der Waals surface area contributed by atoms with Crippen LogP contribution in [-0.2, 0) is 0 Å². The van der Waals surface area contributed by atoms with E-state index >= 15 is 0 Å². The van der Waals surface area contributed by atoms with Gasteiger partial charge in [-0.25, -0.2) is 4.79 Å². The Morgan fingerprint density at radius 3 is 2.82 bits per heavy atom. The topological polar surface area (TPSA) is 61.8 Å². The third-order valence-electron chi connectivity index (χ3n) is 4.08. The lowest BCUT2D eigenvalue weighted by Gasteiger charge is -2.31. The Morgan fingerprint density at radius 2 is 2.18 bits per heavy atom. The lowest BCUT2D eigenvalue weighted by molar-refractivity contribution is 0.136. The maximum atomic E-state index is 12.2. The van der Waals surface area contributed by atoms with E-state index in [-0.39, 0.29) is 24.7 Å². The van der Waals surface area contributed by atoms with Crippen molar-refractivity contribution in [3.63, 3.8) is 0 Å². The summed E-state index contributed by atoms with van der Waals surface area (Å²) in [7, 11) is 0. The van der Waals surface area contributed by atoms with Gasteiger partial charge in [-0.15, -0.1) is 0 Å². The maximum Gasteiger partial charge on any atom is 0.321 e. The van der Waals surface area contributed by atoms with E-state index in [9.17, 15) is 9.90 Å². The Morgan fingerprint density at radius 1 is 1.45 bits per heavy atom. The molecule has 22 heavy (non-hydrogen) atoms. The molecule has 0 spiro atoms. The van der Waals surface area contributed by atoms with Gasteiger partial charge in [-0.1, -0.05) is 6.92 Å². The van der Waals surface area contributed by atoms with E-state index in [1.54, 1.807) is 4.90 Å². The molecule has 0 radical (unpaired) electrons. The summed E-state index contributed by atoms with van der Waals surface area (Å²) in [6, 6.07) is 7.34. The monoisotopic (exact) mass is 306 g/mol. The zero-order chi connectivity index (χ0) is 15.9. The predicted molar refractivity (Wildman–Crippen MR) is 87.2 cm³/mol. The number of hydrogen-bond donors (Lipinski definition) is 2. The first-order chi connectivity index (χ1) is 10.6. The molecule has 2 rings (SSSR count). The Kier molecular flexibility index (Phi) is 6.07. The molecular weight excluding hydrogens is 280 g/mol. The Balaban J connectivity index is 1.88. The first kappa shape index (κ1) is 16.6. The Labute approximate surface area is 132 Å². The summed E-state index contributed by atoms with van der Waals surface area (Å²) in [5, 5.41) is 12.1. The Hall–Kier alpha value is -1.75. The van der Waals surface area contributed by atoms with Crippen LogP contribution >= 0.6 is 0 Å². The number of benzene rings is 1. The van der Waals surface area contributed by atoms with E-state index in [1.807, 2.05) is 31.2 Å². The second-order valence-corrected chi connectivity index (χ2v) is 5.93. The highest BCUT2D eigenvalue weighted by molar-refractivity contribution is 5.89. The van der Waals surface area contributed by atoms with Crippen LogP contribution in [0.2, 0.25) is 0 Å². The SMILES string of the molecule is CCC(C)Oc1ccc(NC(=O)N2CCCC(CO)C2)cc1. The number of urea groups is 1. The van der Waals surface area contributed by atoms with Crippen LogP contribution in [0.4, 0.5) is 10.5 Å². The fourth-order valence-corrected chi connectivity index (χ4v) is 2.53. The van der Waals surface area contributed by atoms with Gasteiger partial charge in [-0.2, -0.15) is 0 Å². The summed E-state index contributed by atoms with van der Waals surface area (Å²) in [4.78, 5) is 14.0. The molecule has 2 unspecified atom stereocenters. The summed E-state index contributed by atoms with van der Waals surface area (Å²) in [5.41, 5.74) is 0.757. The lowest BCUT2D eigenvalue weighted by Crippen LogP contribution is -2.43. The fourth-order valence-electron chi connectivity index (χ4n) is 2.53. The summed E-state index contributed by atoms with van der Waals surface area (Å²) in [6.45, 7) is 5.63. The molecular formula is C17H26N2O3. The second-order valence-electron chi connectivity index (χ2n) is 5.93. The minimum absolute atomic E-state index is 0.103. The summed E-state index contributed by atoms with van der Waals surface area (Å²) in [6.07, 6.45) is 3.08. The minimum atomic E-state index is -0.103. The molecule has 1 aromatic carbocycles. The molecule has 2 amide bonds. The van der Waals surface area contributed by atoms with Gasteiger partial charge in [0, 0.05) is 25.4 Å². The van der Waals surface area contributed by atoms with Gasteiger partial charge in [-0.05, 0) is 56.4 Å². The molecule has 1 aliphatic heterocycles. The molecule has 1 fully saturated rings. The van der Waals surface area contributed by atoms with Crippen molar-refractivity contribution in [2.75, 3.05) is 25.0 Å². The van der Waals surface area contributed by atoms with Crippen LogP contribution in [0, 0.1) is 5.92 Å². The number of anilines is 1. The van der Waals surface area contributed by atoms with Gasteiger partial charge in [0.25, 0.3) is 0 Å². The van der Waals surface area contributed by atoms with Crippen LogP contribution in [0.25, 0.3) is 0 Å². The fraction of sp³-hybridized carbons (Fsp3) is 0.588. The minimum Gasteiger partial charge on any atom is -0.491 e. The first-order valence-electron chi connectivity index (χ1n) is 8.06. The van der Waals surface area contributed by atoms with Crippen LogP contribution in [0.5, 0.6) is 5.75 Å². The second kappa shape index (κ2) is 8.03. The molecule has 2 N–H and O–H groups in total. The van der Waals surface area contributed by atoms with Crippen LogP contribution in [0.3, 0.4) is 0 Å². The zero-order valence-corrected chi connectivity index (χ0v) is 13.4. The molecule has 0 bridgehead atoms. The van der Waals surface area contributed by atoms with E-state index in [4.69, 9.17) is 4.74 Å². The van der Waals surface area contributed by atoms with Crippen molar-refractivity contribution >= 4 is 11.7 Å². The van der Waals surface area contributed by atoms with Crippen molar-refractivity contribution < 1.29 is 14.6 Å². The molecule has 0 aliphatic carbocycles. The largest absolute Gasteiger partial charge is 0.491 e. The van der Waals surface area contributed by atoms with Gasteiger partial charge in [-0.3, -0.25) is 0 Å². The molecule has 2 atom stereocenters. The predicted octanol–water partition coefficient (Wildman–Crippen LogP) is 3.10. The first-order valence-corrected chi connectivity index (χ1v) is 8.06. The van der Waals surface area contributed by atoms with E-state index < -0.39 is 0 Å². The van der Waals surface area contributed by atoms with Crippen LogP contribution < -0.4 is 10.1 Å². The summed E-state index contributed by atoms with van der Waals surface area (Å²) >= 11 is 0. The van der Waals surface area contributed by atoms with Crippen LogP contribution in [0.1, 0.15) is 33.1 Å². The standard InChI is InChI=1S/C17H26N2O3/c1-3-13(2)22-16-8-6-15(7-9-16)18-17(21)19-10-4-5-14(11-19)12-20/h6-9,13-14,20H,3-5,10-12H2,1-2H3,(H,18,21). The number of piperidine rings is 1. The number of nitrogens with one attached hydrogen (secondary N) is 1. The summed E-state index contributed by atoms with van der Waals surface area (Å²) in [5.74, 6) is 1.01. The molecule has 5 nitrogen and oxygen atoms in total. The molecule has 1 aromatic rings. The third kappa shape index (κ3) is 4.63. The molecule has 5 heteroatoms. The number of aliphatic hydroxyl groups is 1. The smallest absolute Gasteiger partial charge is 0.321 e. The van der Waals surface area contributed by atoms with Crippen molar-refractivity contribution in [2.24, 2.45) is 5.92 Å². The average molecular weight is 306 g/mol. The van der Waals surface area contributed by atoms with Gasteiger partial charge in [0.15, 0.2) is 0 Å². The van der Waals surface area contributed by atoms with Crippen molar-refractivity contribution in [3.8, 4) is 5.75 Å². The zero-order valence-electron chi connectivity index (χ0n) is 13.4. The molecule has 0 saturated carbocycles. The highest BCUT2D eigenvalue weighted by atomic mass is 16.5. The molecule has 122 valence electrons. The van der Waals surface area contributed by atoms with Crippen molar-refractivity contribution in [1.82, 2.24) is 4.90 Å². The number of nitrogens with zero attached hydrogens (tertiary/aromatic N) is 1. The van der Waals surface area contributed by atoms with Crippen molar-refractivity contribution in [1.29, 1.82) is 0 Å². The van der Waals surface area contributed by atoms with Gasteiger partial charge < -0.3 is 20.1 Å². The maximum absolute atomic E-state index is 12.2. The summed E-state index contributed by atoms with van der Waals surface area (Å²) < 4.78 is 5.72. The number of hydrogen-bond acceptors (Lipinski definition) is 3. The highest BCUT2D eigenvalue weighted by Crippen LogP contribution is 2.20. The highest BCUT2D eigenvalue weighted by Gasteiger charge is 2.23. The molecule has 1 heterocycles. The quantitative estimate of drug-likeness (QED) is 0.878. The number of carbonyl (C=O) groups is 1.